The van der Waals surface area contributed by atoms with Gasteiger partial charge in [0.15, 0.2) is 0 Å². The van der Waals surface area contributed by atoms with Crippen LogP contribution < -0.4 is 15.4 Å². The molecule has 1 aliphatic heterocycles. The summed E-state index contributed by atoms with van der Waals surface area (Å²) in [5.74, 6) is 0.304. The number of hydrogen-bond acceptors (Lipinski definition) is 7. The molecule has 186 valence electrons. The maximum absolute atomic E-state index is 12.9. The first-order chi connectivity index (χ1) is 15.2. The number of methoxy groups -OCH3 is 1. The van der Waals surface area contributed by atoms with Crippen LogP contribution in [0.1, 0.15) is 34.1 Å². The first-order valence-corrected chi connectivity index (χ1v) is 12.3. The minimum absolute atomic E-state index is 0.0608. The van der Waals surface area contributed by atoms with E-state index in [0.717, 1.165) is 10.7 Å². The Morgan fingerprint density at radius 1 is 1.27 bits per heavy atom. The van der Waals surface area contributed by atoms with E-state index >= 15 is 0 Å². The van der Waals surface area contributed by atoms with Crippen LogP contribution in [0.4, 0.5) is 10.5 Å². The fourth-order valence-electron chi connectivity index (χ4n) is 3.48. The summed E-state index contributed by atoms with van der Waals surface area (Å²) >= 11 is 0. The number of carbonyl (C=O) groups is 2. The van der Waals surface area contributed by atoms with Crippen LogP contribution in [0.15, 0.2) is 23.1 Å². The minimum atomic E-state index is -3.66. The number of carbonyl (C=O) groups excluding carboxylic acids is 2. The third-order valence-electron chi connectivity index (χ3n) is 5.39. The number of sulfonamides is 1. The van der Waals surface area contributed by atoms with Gasteiger partial charge in [0.1, 0.15) is 11.4 Å². The molecule has 11 heteroatoms. The van der Waals surface area contributed by atoms with Crippen molar-refractivity contribution in [3.8, 4) is 5.75 Å². The number of nitrogens with zero attached hydrogens (tertiary/aromatic N) is 2. The monoisotopic (exact) mass is 484 g/mol. The van der Waals surface area contributed by atoms with E-state index in [0.29, 0.717) is 31.1 Å². The average molecular weight is 485 g/mol. The van der Waals surface area contributed by atoms with Crippen molar-refractivity contribution in [3.05, 3.63) is 18.2 Å². The predicted molar refractivity (Wildman–Crippen MR) is 126 cm³/mol. The van der Waals surface area contributed by atoms with E-state index in [9.17, 15) is 18.0 Å². The molecule has 2 atom stereocenters. The van der Waals surface area contributed by atoms with Gasteiger partial charge in [-0.3, -0.25) is 9.69 Å². The Balaban J connectivity index is 2.00. The van der Waals surface area contributed by atoms with E-state index in [4.69, 9.17) is 9.47 Å². The van der Waals surface area contributed by atoms with Gasteiger partial charge in [-0.15, -0.1) is 0 Å². The molecule has 1 aromatic rings. The van der Waals surface area contributed by atoms with Crippen molar-refractivity contribution in [2.24, 2.45) is 5.92 Å². The van der Waals surface area contributed by atoms with Crippen LogP contribution >= 0.6 is 0 Å². The fraction of sp³-hybridized carbons (Fsp3) is 0.636. The fourth-order valence-corrected chi connectivity index (χ4v) is 4.41. The molecule has 1 saturated heterocycles. The zero-order valence-corrected chi connectivity index (χ0v) is 21.3. The number of amides is 2. The van der Waals surface area contributed by atoms with Crippen LogP contribution in [0, 0.1) is 5.92 Å². The predicted octanol–water partition coefficient (Wildman–Crippen LogP) is 2.12. The van der Waals surface area contributed by atoms with E-state index in [1.807, 2.05) is 25.7 Å². The summed E-state index contributed by atoms with van der Waals surface area (Å²) in [4.78, 5) is 26.9. The smallest absolute Gasteiger partial charge is 0.407 e. The molecule has 0 aromatic heterocycles. The van der Waals surface area contributed by atoms with Gasteiger partial charge in [-0.25, -0.2) is 17.5 Å². The van der Waals surface area contributed by atoms with Crippen LogP contribution in [0.5, 0.6) is 5.75 Å². The summed E-state index contributed by atoms with van der Waals surface area (Å²) in [5, 5.41) is 5.59. The quantitative estimate of drug-likeness (QED) is 0.580. The second-order valence-corrected chi connectivity index (χ2v) is 11.5. The van der Waals surface area contributed by atoms with Crippen LogP contribution in [0.25, 0.3) is 0 Å². The van der Waals surface area contributed by atoms with Gasteiger partial charge in [-0.05, 0) is 64.8 Å². The van der Waals surface area contributed by atoms with Crippen molar-refractivity contribution in [2.45, 2.75) is 50.7 Å². The van der Waals surface area contributed by atoms with Gasteiger partial charge >= 0.3 is 6.09 Å². The second kappa shape index (κ2) is 10.7. The number of rotatable bonds is 8. The molecule has 2 rings (SSSR count). The lowest BCUT2D eigenvalue weighted by molar-refractivity contribution is -0.120. The van der Waals surface area contributed by atoms with Crippen LogP contribution in [0.3, 0.4) is 0 Å². The van der Waals surface area contributed by atoms with Gasteiger partial charge in [-0.2, -0.15) is 0 Å². The molecule has 1 fully saturated rings. The molecule has 0 aliphatic carbocycles. The normalized spacial score (nSPS) is 18.1. The van der Waals surface area contributed by atoms with Crippen molar-refractivity contribution in [2.75, 3.05) is 46.2 Å². The Kier molecular flexibility index (Phi) is 8.72. The molecule has 33 heavy (non-hydrogen) atoms. The first kappa shape index (κ1) is 26.9. The molecule has 0 saturated carbocycles. The standard InChI is InChI=1S/C22H36N4O6S/c1-15(26-11-10-16(14-26)13-23-21(28)32-22(2,3)4)20(27)24-18-12-17(8-9-19(18)31-7)33(29,30)25(5)6/h8-9,12,15-16H,10-11,13-14H2,1-7H3,(H,23,28)(H,24,27). The Labute approximate surface area is 196 Å². The molecule has 1 heterocycles. The van der Waals surface area contributed by atoms with E-state index < -0.39 is 27.8 Å². The molecular weight excluding hydrogens is 448 g/mol. The van der Waals surface area contributed by atoms with Crippen LogP contribution in [0.2, 0.25) is 0 Å². The summed E-state index contributed by atoms with van der Waals surface area (Å²) in [6, 6.07) is 3.91. The Bertz CT molecular complexity index is 958. The summed E-state index contributed by atoms with van der Waals surface area (Å²) in [7, 11) is 0.690. The van der Waals surface area contributed by atoms with Crippen LogP contribution in [-0.2, 0) is 19.6 Å². The zero-order valence-electron chi connectivity index (χ0n) is 20.5. The van der Waals surface area contributed by atoms with Crippen molar-refractivity contribution in [1.82, 2.24) is 14.5 Å². The SMILES string of the molecule is COc1ccc(S(=O)(=O)N(C)C)cc1NC(=O)C(C)N1CCC(CNC(=O)OC(C)(C)C)C1. The molecule has 2 amide bonds. The Morgan fingerprint density at radius 3 is 2.52 bits per heavy atom. The number of likely N-dealkylation sites (tertiary alicyclic amines) is 1. The van der Waals surface area contributed by atoms with Gasteiger partial charge in [-0.1, -0.05) is 0 Å². The lowest BCUT2D eigenvalue weighted by Gasteiger charge is -2.24. The van der Waals surface area contributed by atoms with Gasteiger partial charge in [0.05, 0.1) is 23.7 Å². The lowest BCUT2D eigenvalue weighted by atomic mass is 10.1. The number of alkyl carbamates (subject to hydrolysis) is 1. The third-order valence-corrected chi connectivity index (χ3v) is 7.20. The van der Waals surface area contributed by atoms with Gasteiger partial charge in [0.25, 0.3) is 0 Å². The highest BCUT2D eigenvalue weighted by Gasteiger charge is 2.31. The maximum atomic E-state index is 12.9. The molecule has 0 radical (unpaired) electrons. The third kappa shape index (κ3) is 7.31. The topological polar surface area (TPSA) is 117 Å². The van der Waals surface area contributed by atoms with Crippen molar-refractivity contribution < 1.29 is 27.5 Å². The number of benzene rings is 1. The van der Waals surface area contributed by atoms with Crippen molar-refractivity contribution >= 4 is 27.7 Å². The summed E-state index contributed by atoms with van der Waals surface area (Å²) < 4.78 is 36.6. The number of ether oxygens (including phenoxy) is 2. The molecule has 2 unspecified atom stereocenters. The number of anilines is 1. The molecule has 0 bridgehead atoms. The molecule has 0 spiro atoms. The molecule has 2 N–H and O–H groups in total. The average Bonchev–Trinajstić information content (AvgIpc) is 3.19. The van der Waals surface area contributed by atoms with Gasteiger partial charge < -0.3 is 20.1 Å². The highest BCUT2D eigenvalue weighted by molar-refractivity contribution is 7.89. The molecule has 10 nitrogen and oxygen atoms in total. The minimum Gasteiger partial charge on any atom is -0.495 e. The van der Waals surface area contributed by atoms with Crippen molar-refractivity contribution in [3.63, 3.8) is 0 Å². The number of hydrogen-bond donors (Lipinski definition) is 2. The summed E-state index contributed by atoms with van der Waals surface area (Å²) in [6.45, 7) is 9.06. The highest BCUT2D eigenvalue weighted by Crippen LogP contribution is 2.29. The number of nitrogens with one attached hydrogen (secondary N) is 2. The highest BCUT2D eigenvalue weighted by atomic mass is 32.2. The maximum Gasteiger partial charge on any atom is 0.407 e. The molecular formula is C22H36N4O6S. The van der Waals surface area contributed by atoms with Crippen LogP contribution in [-0.4, -0.2) is 82.1 Å². The summed E-state index contributed by atoms with van der Waals surface area (Å²) in [6.07, 6.45) is 0.388. The molecule has 1 aliphatic rings. The zero-order chi connectivity index (χ0) is 25.0. The van der Waals surface area contributed by atoms with E-state index in [1.54, 1.807) is 6.92 Å². The van der Waals surface area contributed by atoms with E-state index in [-0.39, 0.29) is 16.7 Å². The second-order valence-electron chi connectivity index (χ2n) is 9.35. The van der Waals surface area contributed by atoms with E-state index in [1.165, 1.54) is 39.4 Å². The Hall–Kier alpha value is -2.37. The summed E-state index contributed by atoms with van der Waals surface area (Å²) in [5.41, 5.74) is -0.262. The lowest BCUT2D eigenvalue weighted by Crippen LogP contribution is -2.41. The van der Waals surface area contributed by atoms with Gasteiger partial charge in [0.2, 0.25) is 15.9 Å². The largest absolute Gasteiger partial charge is 0.495 e. The molecule has 1 aromatic carbocycles. The van der Waals surface area contributed by atoms with Gasteiger partial charge in [0, 0.05) is 27.2 Å². The van der Waals surface area contributed by atoms with Crippen molar-refractivity contribution in [1.29, 1.82) is 0 Å². The van der Waals surface area contributed by atoms with E-state index in [2.05, 4.69) is 10.6 Å². The first-order valence-electron chi connectivity index (χ1n) is 10.9. The Morgan fingerprint density at radius 2 is 1.94 bits per heavy atom.